The minimum absolute atomic E-state index is 0.385. The number of thiocarbonyl (C=S) groups is 1. The van der Waals surface area contributed by atoms with E-state index < -0.39 is 0 Å². The Balaban J connectivity index is 2.31. The van der Waals surface area contributed by atoms with Gasteiger partial charge in [-0.1, -0.05) is 24.4 Å². The van der Waals surface area contributed by atoms with Crippen LogP contribution in [0.15, 0.2) is 47.1 Å². The van der Waals surface area contributed by atoms with E-state index in [4.69, 9.17) is 18.0 Å². The van der Waals surface area contributed by atoms with E-state index >= 15 is 0 Å². The second kappa shape index (κ2) is 6.12. The molecular formula is C14H14BrN3S. The molecule has 2 N–H and O–H groups in total. The van der Waals surface area contributed by atoms with Crippen molar-refractivity contribution in [3.63, 3.8) is 0 Å². The van der Waals surface area contributed by atoms with Crippen LogP contribution < -0.4 is 10.6 Å². The first kappa shape index (κ1) is 14.0. The number of hydrogen-bond acceptors (Lipinski definition) is 3. The second-order valence-electron chi connectivity index (χ2n) is 4.18. The van der Waals surface area contributed by atoms with Gasteiger partial charge in [0.1, 0.15) is 4.99 Å². The summed E-state index contributed by atoms with van der Waals surface area (Å²) in [6.45, 7) is 0.701. The summed E-state index contributed by atoms with van der Waals surface area (Å²) in [6, 6.07) is 11.8. The van der Waals surface area contributed by atoms with E-state index in [-0.39, 0.29) is 0 Å². The lowest BCUT2D eigenvalue weighted by Crippen LogP contribution is -2.22. The number of rotatable bonds is 4. The van der Waals surface area contributed by atoms with Gasteiger partial charge >= 0.3 is 0 Å². The number of halogens is 1. The van der Waals surface area contributed by atoms with Gasteiger partial charge in [0.25, 0.3) is 0 Å². The molecule has 0 spiro atoms. The van der Waals surface area contributed by atoms with Crippen molar-refractivity contribution >= 4 is 38.8 Å². The highest BCUT2D eigenvalue weighted by Gasteiger charge is 2.13. The Morgan fingerprint density at radius 2 is 2.11 bits per heavy atom. The summed E-state index contributed by atoms with van der Waals surface area (Å²) < 4.78 is 0.908. The van der Waals surface area contributed by atoms with Crippen molar-refractivity contribution in [3.05, 3.63) is 58.3 Å². The molecule has 19 heavy (non-hydrogen) atoms. The van der Waals surface area contributed by atoms with E-state index in [1.165, 1.54) is 0 Å². The Kier molecular flexibility index (Phi) is 4.50. The molecule has 2 rings (SSSR count). The van der Waals surface area contributed by atoms with Crippen LogP contribution >= 0.6 is 28.1 Å². The average Bonchev–Trinajstić information content (AvgIpc) is 2.39. The van der Waals surface area contributed by atoms with Gasteiger partial charge in [-0.2, -0.15) is 0 Å². The van der Waals surface area contributed by atoms with E-state index in [1.54, 1.807) is 6.20 Å². The molecule has 0 aliphatic rings. The van der Waals surface area contributed by atoms with Crippen LogP contribution in [0, 0.1) is 0 Å². The SMILES string of the molecule is CN(Cc1ccccn1)c1cccc(Br)c1C(N)=S. The molecule has 0 saturated heterocycles. The van der Waals surface area contributed by atoms with E-state index in [1.807, 2.05) is 43.4 Å². The van der Waals surface area contributed by atoms with Crippen molar-refractivity contribution in [1.82, 2.24) is 4.98 Å². The van der Waals surface area contributed by atoms with Gasteiger partial charge in [0, 0.05) is 29.0 Å². The van der Waals surface area contributed by atoms with Crippen molar-refractivity contribution in [1.29, 1.82) is 0 Å². The van der Waals surface area contributed by atoms with E-state index in [0.717, 1.165) is 21.4 Å². The maximum Gasteiger partial charge on any atom is 0.107 e. The minimum atomic E-state index is 0.385. The van der Waals surface area contributed by atoms with Crippen molar-refractivity contribution in [2.45, 2.75) is 6.54 Å². The predicted octanol–water partition coefficient (Wildman–Crippen LogP) is 3.11. The molecule has 0 radical (unpaired) electrons. The van der Waals surface area contributed by atoms with E-state index in [2.05, 4.69) is 25.8 Å². The van der Waals surface area contributed by atoms with Gasteiger partial charge in [-0.3, -0.25) is 4.98 Å². The van der Waals surface area contributed by atoms with Crippen LogP contribution in [0.5, 0.6) is 0 Å². The fourth-order valence-electron chi connectivity index (χ4n) is 1.89. The third kappa shape index (κ3) is 3.30. The molecule has 0 atom stereocenters. The minimum Gasteiger partial charge on any atom is -0.389 e. The zero-order valence-corrected chi connectivity index (χ0v) is 12.9. The third-order valence-electron chi connectivity index (χ3n) is 2.77. The van der Waals surface area contributed by atoms with Crippen LogP contribution in [0.2, 0.25) is 0 Å². The van der Waals surface area contributed by atoms with Gasteiger partial charge in [0.05, 0.1) is 12.2 Å². The normalized spacial score (nSPS) is 10.2. The van der Waals surface area contributed by atoms with Crippen molar-refractivity contribution in [2.75, 3.05) is 11.9 Å². The molecule has 0 aliphatic carbocycles. The topological polar surface area (TPSA) is 42.2 Å². The summed E-state index contributed by atoms with van der Waals surface area (Å²) in [5, 5.41) is 0. The third-order valence-corrected chi connectivity index (χ3v) is 3.64. The first-order valence-electron chi connectivity index (χ1n) is 5.79. The highest BCUT2D eigenvalue weighted by atomic mass is 79.9. The summed E-state index contributed by atoms with van der Waals surface area (Å²) in [6.07, 6.45) is 1.79. The van der Waals surface area contributed by atoms with Crippen LogP contribution in [-0.4, -0.2) is 17.0 Å². The molecule has 1 aromatic heterocycles. The molecule has 2 aromatic rings. The van der Waals surface area contributed by atoms with Crippen LogP contribution in [0.25, 0.3) is 0 Å². The van der Waals surface area contributed by atoms with Gasteiger partial charge in [-0.25, -0.2) is 0 Å². The molecule has 0 fully saturated rings. The summed E-state index contributed by atoms with van der Waals surface area (Å²) >= 11 is 8.62. The van der Waals surface area contributed by atoms with Crippen molar-refractivity contribution in [2.24, 2.45) is 5.73 Å². The molecule has 5 heteroatoms. The zero-order valence-electron chi connectivity index (χ0n) is 10.5. The number of nitrogens with two attached hydrogens (primary N) is 1. The molecule has 0 bridgehead atoms. The van der Waals surface area contributed by atoms with Gasteiger partial charge in [-0.05, 0) is 40.2 Å². The van der Waals surface area contributed by atoms with Crippen LogP contribution in [-0.2, 0) is 6.54 Å². The van der Waals surface area contributed by atoms with E-state index in [9.17, 15) is 0 Å². The lowest BCUT2D eigenvalue weighted by Gasteiger charge is -2.22. The summed E-state index contributed by atoms with van der Waals surface area (Å²) in [7, 11) is 2.00. The maximum atomic E-state index is 5.81. The fourth-order valence-corrected chi connectivity index (χ4v) is 2.81. The molecule has 3 nitrogen and oxygen atoms in total. The summed E-state index contributed by atoms with van der Waals surface area (Å²) in [4.78, 5) is 6.79. The number of pyridine rings is 1. The van der Waals surface area contributed by atoms with Crippen molar-refractivity contribution in [3.8, 4) is 0 Å². The summed E-state index contributed by atoms with van der Waals surface area (Å²) in [5.74, 6) is 0. The Morgan fingerprint density at radius 3 is 2.74 bits per heavy atom. The highest BCUT2D eigenvalue weighted by Crippen LogP contribution is 2.27. The monoisotopic (exact) mass is 335 g/mol. The standard InChI is InChI=1S/C14H14BrN3S/c1-18(9-10-5-2-3-8-17-10)12-7-4-6-11(15)13(12)14(16)19/h2-8H,9H2,1H3,(H2,16,19). The van der Waals surface area contributed by atoms with Crippen LogP contribution in [0.1, 0.15) is 11.3 Å². The maximum absolute atomic E-state index is 5.81. The molecule has 0 amide bonds. The molecule has 1 aromatic carbocycles. The van der Waals surface area contributed by atoms with Gasteiger partial charge < -0.3 is 10.6 Å². The number of aromatic nitrogens is 1. The Bertz CT molecular complexity index is 586. The molecule has 0 unspecified atom stereocenters. The number of benzene rings is 1. The molecular weight excluding hydrogens is 322 g/mol. The van der Waals surface area contributed by atoms with Crippen LogP contribution in [0.3, 0.4) is 0 Å². The molecule has 98 valence electrons. The number of nitrogens with zero attached hydrogens (tertiary/aromatic N) is 2. The van der Waals surface area contributed by atoms with Gasteiger partial charge in [0.15, 0.2) is 0 Å². The summed E-state index contributed by atoms with van der Waals surface area (Å²) in [5.41, 5.74) is 8.66. The fraction of sp³-hybridized carbons (Fsp3) is 0.143. The lowest BCUT2D eigenvalue weighted by molar-refractivity contribution is 0.883. The van der Waals surface area contributed by atoms with Gasteiger partial charge in [-0.15, -0.1) is 0 Å². The van der Waals surface area contributed by atoms with Crippen LogP contribution in [0.4, 0.5) is 5.69 Å². The number of anilines is 1. The first-order chi connectivity index (χ1) is 9.09. The zero-order chi connectivity index (χ0) is 13.8. The lowest BCUT2D eigenvalue weighted by atomic mass is 10.1. The molecule has 0 aliphatic heterocycles. The van der Waals surface area contributed by atoms with E-state index in [0.29, 0.717) is 11.5 Å². The first-order valence-corrected chi connectivity index (χ1v) is 6.99. The smallest absolute Gasteiger partial charge is 0.107 e. The highest BCUT2D eigenvalue weighted by molar-refractivity contribution is 9.10. The Hall–Kier alpha value is -1.46. The predicted molar refractivity (Wildman–Crippen MR) is 86.4 cm³/mol. The average molecular weight is 336 g/mol. The quantitative estimate of drug-likeness (QED) is 0.871. The molecule has 1 heterocycles. The second-order valence-corrected chi connectivity index (χ2v) is 5.47. The Labute approximate surface area is 126 Å². The molecule has 0 saturated carbocycles. The van der Waals surface area contributed by atoms with Gasteiger partial charge in [0.2, 0.25) is 0 Å². The number of hydrogen-bond donors (Lipinski definition) is 1. The Morgan fingerprint density at radius 1 is 1.32 bits per heavy atom. The van der Waals surface area contributed by atoms with Crippen molar-refractivity contribution < 1.29 is 0 Å². The largest absolute Gasteiger partial charge is 0.389 e.